The first-order valence-electron chi connectivity index (χ1n) is 8.01. The van der Waals surface area contributed by atoms with E-state index in [9.17, 15) is 14.4 Å². The first-order valence-corrected chi connectivity index (χ1v) is 8.89. The minimum absolute atomic E-state index is 0.210. The topological polar surface area (TPSA) is 86.7 Å². The van der Waals surface area contributed by atoms with Crippen LogP contribution in [-0.4, -0.2) is 40.9 Å². The van der Waals surface area contributed by atoms with Crippen molar-refractivity contribution in [2.24, 2.45) is 5.92 Å². The largest absolute Gasteiger partial charge is 0.481 e. The third-order valence-corrected chi connectivity index (χ3v) is 5.04. The summed E-state index contributed by atoms with van der Waals surface area (Å²) in [5.74, 6) is -1.81. The lowest BCUT2D eigenvalue weighted by Crippen LogP contribution is -2.42. The standard InChI is InChI=1S/C18H18N2O4S/c21-16(15-7-3-9-25-15)19-14-6-1-4-12(10-14)17(22)20-8-2-5-13(11-20)18(23)24/h1,3-4,6-7,9-10,13H,2,5,8,11H2,(H,19,21)(H,23,24)/t13-/m0/s1. The molecule has 1 atom stereocenters. The van der Waals surface area contributed by atoms with Gasteiger partial charge >= 0.3 is 5.97 Å². The van der Waals surface area contributed by atoms with Crippen molar-refractivity contribution in [2.75, 3.05) is 18.4 Å². The zero-order valence-corrected chi connectivity index (χ0v) is 14.3. The van der Waals surface area contributed by atoms with Gasteiger partial charge in [0.15, 0.2) is 0 Å². The molecule has 1 saturated heterocycles. The molecule has 2 aromatic rings. The quantitative estimate of drug-likeness (QED) is 0.880. The Hall–Kier alpha value is -2.67. The van der Waals surface area contributed by atoms with E-state index in [2.05, 4.69) is 5.32 Å². The van der Waals surface area contributed by atoms with Crippen LogP contribution in [0.2, 0.25) is 0 Å². The predicted molar refractivity (Wildman–Crippen MR) is 95.0 cm³/mol. The van der Waals surface area contributed by atoms with Crippen LogP contribution in [0, 0.1) is 5.92 Å². The highest BCUT2D eigenvalue weighted by Gasteiger charge is 2.28. The first kappa shape index (κ1) is 17.2. The molecule has 1 aromatic heterocycles. The van der Waals surface area contributed by atoms with Gasteiger partial charge in [-0.2, -0.15) is 0 Å². The van der Waals surface area contributed by atoms with E-state index in [1.165, 1.54) is 11.3 Å². The van der Waals surface area contributed by atoms with Crippen molar-refractivity contribution >= 4 is 34.8 Å². The van der Waals surface area contributed by atoms with Crippen molar-refractivity contribution in [3.05, 3.63) is 52.2 Å². The molecule has 6 nitrogen and oxygen atoms in total. The highest BCUT2D eigenvalue weighted by Crippen LogP contribution is 2.21. The van der Waals surface area contributed by atoms with Crippen LogP contribution < -0.4 is 5.32 Å². The summed E-state index contributed by atoms with van der Waals surface area (Å²) in [7, 11) is 0. The van der Waals surface area contributed by atoms with Crippen LogP contribution in [0.1, 0.15) is 32.9 Å². The molecule has 1 aromatic carbocycles. The maximum atomic E-state index is 12.7. The van der Waals surface area contributed by atoms with E-state index in [1.54, 1.807) is 41.3 Å². The van der Waals surface area contributed by atoms with E-state index in [-0.39, 0.29) is 18.4 Å². The summed E-state index contributed by atoms with van der Waals surface area (Å²) in [6.45, 7) is 0.772. The summed E-state index contributed by atoms with van der Waals surface area (Å²) in [5, 5.41) is 13.8. The number of anilines is 1. The molecule has 0 aliphatic carbocycles. The van der Waals surface area contributed by atoms with Crippen molar-refractivity contribution in [1.29, 1.82) is 0 Å². The molecule has 1 aliphatic rings. The number of piperidine rings is 1. The van der Waals surface area contributed by atoms with Gasteiger partial charge in [0.2, 0.25) is 0 Å². The van der Waals surface area contributed by atoms with Gasteiger partial charge in [-0.15, -0.1) is 11.3 Å². The van der Waals surface area contributed by atoms with Gasteiger partial charge in [0.05, 0.1) is 10.8 Å². The van der Waals surface area contributed by atoms with Crippen molar-refractivity contribution in [3.8, 4) is 0 Å². The molecule has 0 bridgehead atoms. The summed E-state index contributed by atoms with van der Waals surface area (Å²) in [4.78, 5) is 38.1. The summed E-state index contributed by atoms with van der Waals surface area (Å²) in [6.07, 6.45) is 1.27. The number of nitrogens with zero attached hydrogens (tertiary/aromatic N) is 1. The van der Waals surface area contributed by atoms with E-state index in [0.717, 1.165) is 0 Å². The molecule has 130 valence electrons. The number of carbonyl (C=O) groups is 3. The molecule has 7 heteroatoms. The number of carboxylic acid groups (broad SMARTS) is 1. The number of amides is 2. The van der Waals surface area contributed by atoms with Gasteiger partial charge < -0.3 is 15.3 Å². The van der Waals surface area contributed by atoms with Gasteiger partial charge in [0.25, 0.3) is 11.8 Å². The summed E-state index contributed by atoms with van der Waals surface area (Å²) in [6, 6.07) is 10.3. The number of aliphatic carboxylic acids is 1. The van der Waals surface area contributed by atoms with E-state index in [0.29, 0.717) is 35.5 Å². The smallest absolute Gasteiger partial charge is 0.308 e. The predicted octanol–water partition coefficient (Wildman–Crippen LogP) is 2.94. The lowest BCUT2D eigenvalue weighted by molar-refractivity contribution is -0.143. The van der Waals surface area contributed by atoms with Crippen molar-refractivity contribution in [2.45, 2.75) is 12.8 Å². The number of rotatable bonds is 4. The average Bonchev–Trinajstić information content (AvgIpc) is 3.16. The second-order valence-corrected chi connectivity index (χ2v) is 6.89. The Morgan fingerprint density at radius 1 is 1.20 bits per heavy atom. The molecule has 0 unspecified atom stereocenters. The zero-order chi connectivity index (χ0) is 17.8. The first-order chi connectivity index (χ1) is 12.0. The Kier molecular flexibility index (Phi) is 5.14. The highest BCUT2D eigenvalue weighted by atomic mass is 32.1. The maximum absolute atomic E-state index is 12.7. The Labute approximate surface area is 149 Å². The van der Waals surface area contributed by atoms with Gasteiger partial charge in [-0.25, -0.2) is 0 Å². The second kappa shape index (κ2) is 7.48. The number of thiophene rings is 1. The van der Waals surface area contributed by atoms with Gasteiger partial charge in [0, 0.05) is 24.3 Å². The monoisotopic (exact) mass is 358 g/mol. The molecular formula is C18H18N2O4S. The molecule has 0 spiro atoms. The molecule has 1 fully saturated rings. The molecular weight excluding hydrogens is 340 g/mol. The SMILES string of the molecule is O=C(Nc1cccc(C(=O)N2CCC[C@H](C(=O)O)C2)c1)c1cccs1. The minimum Gasteiger partial charge on any atom is -0.481 e. The van der Waals surface area contributed by atoms with Crippen LogP contribution in [0.3, 0.4) is 0 Å². The van der Waals surface area contributed by atoms with Gasteiger partial charge in [-0.05, 0) is 42.5 Å². The Morgan fingerprint density at radius 3 is 2.76 bits per heavy atom. The van der Waals surface area contributed by atoms with Crippen LogP contribution in [0.15, 0.2) is 41.8 Å². The van der Waals surface area contributed by atoms with Crippen molar-refractivity contribution < 1.29 is 19.5 Å². The zero-order valence-electron chi connectivity index (χ0n) is 13.5. The molecule has 0 radical (unpaired) electrons. The Balaban J connectivity index is 1.71. The van der Waals surface area contributed by atoms with Crippen LogP contribution in [0.4, 0.5) is 5.69 Å². The molecule has 1 aliphatic heterocycles. The van der Waals surface area contributed by atoms with Crippen LogP contribution in [-0.2, 0) is 4.79 Å². The van der Waals surface area contributed by atoms with E-state index in [1.807, 2.05) is 5.38 Å². The Bertz CT molecular complexity index is 788. The minimum atomic E-state index is -0.866. The highest BCUT2D eigenvalue weighted by molar-refractivity contribution is 7.12. The number of likely N-dealkylation sites (tertiary alicyclic amines) is 1. The lowest BCUT2D eigenvalue weighted by atomic mass is 9.97. The van der Waals surface area contributed by atoms with E-state index in [4.69, 9.17) is 5.11 Å². The van der Waals surface area contributed by atoms with Crippen LogP contribution in [0.5, 0.6) is 0 Å². The summed E-state index contributed by atoms with van der Waals surface area (Å²) in [5.41, 5.74) is 0.978. The molecule has 25 heavy (non-hydrogen) atoms. The average molecular weight is 358 g/mol. The number of carbonyl (C=O) groups excluding carboxylic acids is 2. The fraction of sp³-hybridized carbons (Fsp3) is 0.278. The molecule has 3 rings (SSSR count). The summed E-state index contributed by atoms with van der Waals surface area (Å²) >= 11 is 1.34. The number of hydrogen-bond acceptors (Lipinski definition) is 4. The normalized spacial score (nSPS) is 17.1. The fourth-order valence-electron chi connectivity index (χ4n) is 2.88. The lowest BCUT2D eigenvalue weighted by Gasteiger charge is -2.30. The van der Waals surface area contributed by atoms with Gasteiger partial charge in [-0.3, -0.25) is 14.4 Å². The summed E-state index contributed by atoms with van der Waals surface area (Å²) < 4.78 is 0. The molecule has 2 N–H and O–H groups in total. The fourth-order valence-corrected chi connectivity index (χ4v) is 3.50. The molecule has 2 amide bonds. The molecule has 2 heterocycles. The van der Waals surface area contributed by atoms with Crippen molar-refractivity contribution in [1.82, 2.24) is 4.90 Å². The number of nitrogens with one attached hydrogen (secondary N) is 1. The molecule has 0 saturated carbocycles. The van der Waals surface area contributed by atoms with E-state index < -0.39 is 11.9 Å². The Morgan fingerprint density at radius 2 is 2.04 bits per heavy atom. The number of hydrogen-bond donors (Lipinski definition) is 2. The third kappa shape index (κ3) is 4.06. The maximum Gasteiger partial charge on any atom is 0.308 e. The third-order valence-electron chi connectivity index (χ3n) is 4.17. The van der Waals surface area contributed by atoms with Gasteiger partial charge in [0.1, 0.15) is 0 Å². The van der Waals surface area contributed by atoms with Crippen LogP contribution >= 0.6 is 11.3 Å². The van der Waals surface area contributed by atoms with Gasteiger partial charge in [-0.1, -0.05) is 12.1 Å². The van der Waals surface area contributed by atoms with Crippen molar-refractivity contribution in [3.63, 3.8) is 0 Å². The van der Waals surface area contributed by atoms with Crippen LogP contribution in [0.25, 0.3) is 0 Å². The number of carboxylic acids is 1. The second-order valence-electron chi connectivity index (χ2n) is 5.94. The number of benzene rings is 1. The van der Waals surface area contributed by atoms with E-state index >= 15 is 0 Å².